The van der Waals surface area contributed by atoms with E-state index in [0.29, 0.717) is 21.4 Å². The number of rotatable bonds is 4. The van der Waals surface area contributed by atoms with E-state index in [0.717, 1.165) is 5.56 Å². The first-order valence-corrected chi connectivity index (χ1v) is 7.51. The lowest BCUT2D eigenvalue weighted by Crippen LogP contribution is -2.09. The van der Waals surface area contributed by atoms with E-state index in [1.165, 1.54) is 13.0 Å². The maximum absolute atomic E-state index is 11.9. The van der Waals surface area contributed by atoms with Gasteiger partial charge >= 0.3 is 0 Å². The first-order valence-electron chi connectivity index (χ1n) is 6.76. The molecule has 23 heavy (non-hydrogen) atoms. The molecule has 2 rings (SSSR count). The van der Waals surface area contributed by atoms with Crippen LogP contribution in [0.5, 0.6) is 0 Å². The van der Waals surface area contributed by atoms with E-state index in [4.69, 9.17) is 23.2 Å². The third kappa shape index (κ3) is 5.43. The van der Waals surface area contributed by atoms with Crippen LogP contribution in [0.15, 0.2) is 48.5 Å². The number of hydrogen-bond donors (Lipinski definition) is 2. The summed E-state index contributed by atoms with van der Waals surface area (Å²) in [5, 5.41) is 6.26. The molecule has 2 aromatic rings. The van der Waals surface area contributed by atoms with Crippen LogP contribution in [-0.4, -0.2) is 11.8 Å². The molecule has 0 heterocycles. The third-order valence-corrected chi connectivity index (χ3v) is 3.56. The molecule has 6 heteroatoms. The van der Waals surface area contributed by atoms with E-state index in [1.807, 2.05) is 0 Å². The van der Waals surface area contributed by atoms with Gasteiger partial charge < -0.3 is 10.6 Å². The molecule has 0 radical (unpaired) electrons. The summed E-state index contributed by atoms with van der Waals surface area (Å²) >= 11 is 11.8. The van der Waals surface area contributed by atoms with Crippen LogP contribution in [0, 0.1) is 0 Å². The molecule has 2 amide bonds. The number of nitrogens with one attached hydrogen (secondary N) is 2. The predicted molar refractivity (Wildman–Crippen MR) is 94.9 cm³/mol. The van der Waals surface area contributed by atoms with Crippen molar-refractivity contribution in [1.82, 2.24) is 0 Å². The maximum Gasteiger partial charge on any atom is 0.248 e. The molecule has 0 aliphatic rings. The Morgan fingerprint density at radius 1 is 0.957 bits per heavy atom. The van der Waals surface area contributed by atoms with Crippen molar-refractivity contribution in [2.75, 3.05) is 10.6 Å². The molecule has 0 aliphatic carbocycles. The second-order valence-corrected chi connectivity index (χ2v) is 5.57. The van der Waals surface area contributed by atoms with E-state index in [9.17, 15) is 9.59 Å². The molecule has 0 aromatic heterocycles. The van der Waals surface area contributed by atoms with Crippen LogP contribution in [0.2, 0.25) is 10.0 Å². The van der Waals surface area contributed by atoms with Gasteiger partial charge in [0.05, 0.1) is 10.0 Å². The Kier molecular flexibility index (Phi) is 5.79. The fraction of sp³-hybridized carbons (Fsp3) is 0.0588. The molecule has 2 aromatic carbocycles. The van der Waals surface area contributed by atoms with Crippen molar-refractivity contribution in [2.24, 2.45) is 0 Å². The minimum Gasteiger partial charge on any atom is -0.326 e. The lowest BCUT2D eigenvalue weighted by atomic mass is 10.2. The molecule has 0 bridgehead atoms. The zero-order valence-corrected chi connectivity index (χ0v) is 13.8. The molecule has 118 valence electrons. The Hall–Kier alpha value is -2.30. The van der Waals surface area contributed by atoms with E-state index in [2.05, 4.69) is 10.6 Å². The quantitative estimate of drug-likeness (QED) is 0.793. The lowest BCUT2D eigenvalue weighted by Gasteiger charge is -2.06. The summed E-state index contributed by atoms with van der Waals surface area (Å²) in [6.45, 7) is 1.42. The van der Waals surface area contributed by atoms with Crippen LogP contribution in [0.1, 0.15) is 12.5 Å². The zero-order chi connectivity index (χ0) is 16.8. The van der Waals surface area contributed by atoms with Gasteiger partial charge in [-0.1, -0.05) is 35.3 Å². The first kappa shape index (κ1) is 17.1. The number of hydrogen-bond acceptors (Lipinski definition) is 2. The molecule has 0 saturated heterocycles. The van der Waals surface area contributed by atoms with Gasteiger partial charge in [0.25, 0.3) is 0 Å². The topological polar surface area (TPSA) is 58.2 Å². The minimum absolute atomic E-state index is 0.173. The summed E-state index contributed by atoms with van der Waals surface area (Å²) in [6, 6.07) is 12.0. The van der Waals surface area contributed by atoms with Gasteiger partial charge in [0.15, 0.2) is 0 Å². The van der Waals surface area contributed by atoms with E-state index in [-0.39, 0.29) is 11.8 Å². The molecular weight excluding hydrogens is 335 g/mol. The number of carbonyl (C=O) groups excluding carboxylic acids is 2. The molecular formula is C17H14Cl2N2O2. The van der Waals surface area contributed by atoms with Gasteiger partial charge in [-0.05, 0) is 42.0 Å². The smallest absolute Gasteiger partial charge is 0.248 e. The van der Waals surface area contributed by atoms with E-state index >= 15 is 0 Å². The Bertz CT molecular complexity index is 773. The van der Waals surface area contributed by atoms with Crippen molar-refractivity contribution >= 4 is 52.5 Å². The van der Waals surface area contributed by atoms with E-state index in [1.54, 1.807) is 48.5 Å². The molecule has 2 N–H and O–H groups in total. The number of benzene rings is 2. The summed E-state index contributed by atoms with van der Waals surface area (Å²) in [5.74, 6) is -0.468. The van der Waals surface area contributed by atoms with Gasteiger partial charge in [0.1, 0.15) is 0 Å². The number of anilines is 2. The van der Waals surface area contributed by atoms with E-state index < -0.39 is 0 Å². The van der Waals surface area contributed by atoms with Crippen molar-refractivity contribution in [3.05, 3.63) is 64.1 Å². The van der Waals surface area contributed by atoms with Crippen LogP contribution in [0.4, 0.5) is 11.4 Å². The van der Waals surface area contributed by atoms with Crippen molar-refractivity contribution in [1.29, 1.82) is 0 Å². The Balaban J connectivity index is 2.02. The van der Waals surface area contributed by atoms with Crippen LogP contribution in [0.25, 0.3) is 6.08 Å². The number of halogens is 2. The SMILES string of the molecule is CC(=O)Nc1cccc(NC(=O)C=Cc2ccc(Cl)c(Cl)c2)c1. The number of amides is 2. The lowest BCUT2D eigenvalue weighted by molar-refractivity contribution is -0.114. The Morgan fingerprint density at radius 2 is 1.65 bits per heavy atom. The summed E-state index contributed by atoms with van der Waals surface area (Å²) in [5.41, 5.74) is 1.96. The summed E-state index contributed by atoms with van der Waals surface area (Å²) < 4.78 is 0. The molecule has 0 fully saturated rings. The Labute approximate surface area is 144 Å². The standard InChI is InChI=1S/C17H14Cl2N2O2/c1-11(22)20-13-3-2-4-14(10-13)21-17(23)8-6-12-5-7-15(18)16(19)9-12/h2-10H,1H3,(H,20,22)(H,21,23). The van der Waals surface area contributed by atoms with Gasteiger partial charge in [-0.25, -0.2) is 0 Å². The van der Waals surface area contributed by atoms with Gasteiger partial charge in [0.2, 0.25) is 11.8 Å². The normalized spacial score (nSPS) is 10.6. The molecule has 0 saturated carbocycles. The summed E-state index contributed by atoms with van der Waals surface area (Å²) in [7, 11) is 0. The minimum atomic E-state index is -0.295. The molecule has 0 aliphatic heterocycles. The van der Waals surface area contributed by atoms with Crippen LogP contribution >= 0.6 is 23.2 Å². The third-order valence-electron chi connectivity index (χ3n) is 2.82. The highest BCUT2D eigenvalue weighted by molar-refractivity contribution is 6.42. The summed E-state index contributed by atoms with van der Waals surface area (Å²) in [4.78, 5) is 23.0. The van der Waals surface area contributed by atoms with Crippen molar-refractivity contribution < 1.29 is 9.59 Å². The predicted octanol–water partition coefficient (Wildman–Crippen LogP) is 4.60. The van der Waals surface area contributed by atoms with Crippen LogP contribution in [-0.2, 0) is 9.59 Å². The van der Waals surface area contributed by atoms with Gasteiger partial charge in [-0.3, -0.25) is 9.59 Å². The van der Waals surface area contributed by atoms with Crippen molar-refractivity contribution in [3.63, 3.8) is 0 Å². The highest BCUT2D eigenvalue weighted by atomic mass is 35.5. The van der Waals surface area contributed by atoms with Gasteiger partial charge in [-0.2, -0.15) is 0 Å². The number of carbonyl (C=O) groups is 2. The molecule has 0 unspecified atom stereocenters. The summed E-state index contributed by atoms with van der Waals surface area (Å²) in [6.07, 6.45) is 3.03. The molecule has 0 atom stereocenters. The first-order chi connectivity index (χ1) is 10.9. The fourth-order valence-corrected chi connectivity index (χ4v) is 2.16. The van der Waals surface area contributed by atoms with Gasteiger partial charge in [0, 0.05) is 24.4 Å². The molecule has 0 spiro atoms. The van der Waals surface area contributed by atoms with Gasteiger partial charge in [-0.15, -0.1) is 0 Å². The largest absolute Gasteiger partial charge is 0.326 e. The van der Waals surface area contributed by atoms with Crippen molar-refractivity contribution in [2.45, 2.75) is 6.92 Å². The maximum atomic E-state index is 11.9. The second-order valence-electron chi connectivity index (χ2n) is 4.76. The van der Waals surface area contributed by atoms with Crippen molar-refractivity contribution in [3.8, 4) is 0 Å². The second kappa shape index (κ2) is 7.81. The molecule has 4 nitrogen and oxygen atoms in total. The zero-order valence-electron chi connectivity index (χ0n) is 12.3. The average molecular weight is 349 g/mol. The highest BCUT2D eigenvalue weighted by Gasteiger charge is 2.01. The van der Waals surface area contributed by atoms with Crippen LogP contribution in [0.3, 0.4) is 0 Å². The highest BCUT2D eigenvalue weighted by Crippen LogP contribution is 2.23. The van der Waals surface area contributed by atoms with Crippen LogP contribution < -0.4 is 10.6 Å². The monoisotopic (exact) mass is 348 g/mol. The fourth-order valence-electron chi connectivity index (χ4n) is 1.85. The average Bonchev–Trinajstić information content (AvgIpc) is 2.48. The Morgan fingerprint density at radius 3 is 2.30 bits per heavy atom.